The molecule has 6 heteroatoms. The summed E-state index contributed by atoms with van der Waals surface area (Å²) in [4.78, 5) is 24.5. The highest BCUT2D eigenvalue weighted by Gasteiger charge is 2.20. The van der Waals surface area contributed by atoms with E-state index in [9.17, 15) is 19.8 Å². The van der Waals surface area contributed by atoms with E-state index in [4.69, 9.17) is 4.74 Å². The van der Waals surface area contributed by atoms with Gasteiger partial charge >= 0.3 is 5.97 Å². The Balaban J connectivity index is 3.39. The summed E-state index contributed by atoms with van der Waals surface area (Å²) in [5.41, 5.74) is 0. The fraction of sp³-hybridized carbons (Fsp3) is 0.937. The normalized spacial score (nSPS) is 12.6. The number of aliphatic hydroxyl groups excluding tert-OH is 2. The van der Waals surface area contributed by atoms with E-state index in [1.165, 1.54) is 276 Å². The molecule has 0 aromatic heterocycles. The molecule has 0 saturated heterocycles. The quantitative estimate of drug-likeness (QED) is 0.0321. The van der Waals surface area contributed by atoms with Crippen LogP contribution in [0.25, 0.3) is 0 Å². The number of amides is 1. The lowest BCUT2D eigenvalue weighted by atomic mass is 10.0. The van der Waals surface area contributed by atoms with Gasteiger partial charge in [0.25, 0.3) is 0 Å². The van der Waals surface area contributed by atoms with Crippen LogP contribution in [0.1, 0.15) is 354 Å². The van der Waals surface area contributed by atoms with Gasteiger partial charge in [-0.25, -0.2) is 0 Å². The van der Waals surface area contributed by atoms with E-state index in [1.54, 1.807) is 0 Å². The molecule has 0 aromatic carbocycles. The molecule has 0 aliphatic rings. The van der Waals surface area contributed by atoms with Crippen molar-refractivity contribution in [1.82, 2.24) is 5.32 Å². The van der Waals surface area contributed by atoms with E-state index in [2.05, 4.69) is 31.3 Å². The van der Waals surface area contributed by atoms with Gasteiger partial charge in [0, 0.05) is 12.8 Å². The minimum absolute atomic E-state index is 0.00271. The molecule has 1 amide bonds. The molecule has 0 rings (SSSR count). The van der Waals surface area contributed by atoms with Crippen LogP contribution >= 0.6 is 0 Å². The number of hydrogen-bond acceptors (Lipinski definition) is 5. The summed E-state index contributed by atoms with van der Waals surface area (Å²) >= 11 is 0. The summed E-state index contributed by atoms with van der Waals surface area (Å²) in [5.74, 6) is -0.0297. The van der Waals surface area contributed by atoms with Crippen molar-refractivity contribution in [2.24, 2.45) is 0 Å². The lowest BCUT2D eigenvalue weighted by Crippen LogP contribution is -2.45. The second-order valence-electron chi connectivity index (χ2n) is 21.7. The van der Waals surface area contributed by atoms with Crippen molar-refractivity contribution in [3.8, 4) is 0 Å². The summed E-state index contributed by atoms with van der Waals surface area (Å²) in [5, 5.41) is 23.4. The Morgan fingerprint density at radius 3 is 1.06 bits per heavy atom. The van der Waals surface area contributed by atoms with Gasteiger partial charge in [-0.2, -0.15) is 0 Å². The number of carbonyl (C=O) groups excluding carboxylic acids is 2. The van der Waals surface area contributed by atoms with Gasteiger partial charge in [-0.05, 0) is 51.4 Å². The summed E-state index contributed by atoms with van der Waals surface area (Å²) in [7, 11) is 0. The molecule has 0 aliphatic carbocycles. The predicted octanol–water partition coefficient (Wildman–Crippen LogP) is 19.6. The molecule has 2 atom stereocenters. The highest BCUT2D eigenvalue weighted by atomic mass is 16.5. The molecule has 0 heterocycles. The van der Waals surface area contributed by atoms with Gasteiger partial charge in [0.15, 0.2) is 0 Å². The van der Waals surface area contributed by atoms with E-state index in [-0.39, 0.29) is 18.5 Å². The second kappa shape index (κ2) is 59.2. The molecular formula is C63H123NO5. The first-order chi connectivity index (χ1) is 34.0. The third kappa shape index (κ3) is 55.8. The van der Waals surface area contributed by atoms with Crippen LogP contribution in [0.3, 0.4) is 0 Å². The first kappa shape index (κ1) is 67.6. The molecule has 3 N–H and O–H groups in total. The number of allylic oxidation sites excluding steroid dienone is 2. The number of carbonyl (C=O) groups is 2. The molecule has 0 spiro atoms. The van der Waals surface area contributed by atoms with Crippen LogP contribution in [0.2, 0.25) is 0 Å². The van der Waals surface area contributed by atoms with Crippen molar-refractivity contribution >= 4 is 11.9 Å². The largest absolute Gasteiger partial charge is 0.466 e. The fourth-order valence-corrected chi connectivity index (χ4v) is 9.99. The third-order valence-corrected chi connectivity index (χ3v) is 14.8. The Hall–Kier alpha value is -1.40. The van der Waals surface area contributed by atoms with Crippen LogP contribution in [-0.4, -0.2) is 47.4 Å². The molecular weight excluding hydrogens is 851 g/mol. The highest BCUT2D eigenvalue weighted by Crippen LogP contribution is 2.18. The molecule has 0 aliphatic heterocycles. The van der Waals surface area contributed by atoms with Crippen molar-refractivity contribution in [2.75, 3.05) is 13.2 Å². The standard InChI is InChI=1S/C63H123NO5/c1-3-5-7-9-11-13-15-17-18-19-23-26-29-32-35-39-43-47-51-55-61(66)60(59-65)64-62(67)56-52-48-44-40-36-33-30-27-24-21-20-22-25-28-31-34-38-42-46-50-54-58-69-63(68)57-53-49-45-41-37-16-14-12-10-8-6-4-2/h12,14,60-61,65-66H,3-11,13,15-59H2,1-2H3,(H,64,67)/b14-12-. The summed E-state index contributed by atoms with van der Waals surface area (Å²) in [6, 6.07) is -0.542. The van der Waals surface area contributed by atoms with Crippen LogP contribution in [-0.2, 0) is 14.3 Å². The molecule has 6 nitrogen and oxygen atoms in total. The maximum Gasteiger partial charge on any atom is 0.305 e. The maximum atomic E-state index is 12.5. The zero-order valence-corrected chi connectivity index (χ0v) is 46.8. The van der Waals surface area contributed by atoms with Gasteiger partial charge in [0.05, 0.1) is 25.4 Å². The van der Waals surface area contributed by atoms with E-state index < -0.39 is 12.1 Å². The van der Waals surface area contributed by atoms with Gasteiger partial charge in [-0.3, -0.25) is 9.59 Å². The molecule has 0 aromatic rings. The van der Waals surface area contributed by atoms with Crippen molar-refractivity contribution < 1.29 is 24.5 Å². The molecule has 2 unspecified atom stereocenters. The van der Waals surface area contributed by atoms with E-state index in [1.807, 2.05) is 0 Å². The Labute approximate surface area is 431 Å². The number of unbranched alkanes of at least 4 members (excludes halogenated alkanes) is 46. The van der Waals surface area contributed by atoms with Gasteiger partial charge in [0.2, 0.25) is 5.91 Å². The molecule has 0 saturated carbocycles. The maximum absolute atomic E-state index is 12.5. The minimum Gasteiger partial charge on any atom is -0.466 e. The molecule has 0 bridgehead atoms. The molecule has 410 valence electrons. The van der Waals surface area contributed by atoms with E-state index in [0.717, 1.165) is 44.9 Å². The summed E-state index contributed by atoms with van der Waals surface area (Å²) < 4.78 is 5.47. The van der Waals surface area contributed by atoms with Crippen molar-refractivity contribution in [1.29, 1.82) is 0 Å². The SMILES string of the molecule is CCCCC/C=C\CCCCCCCC(=O)OCCCCCCCCCCCCCCCCCCCCCCCC(=O)NC(CO)C(O)CCCCCCCCCCCCCCCCCCCCC. The average molecular weight is 975 g/mol. The molecule has 69 heavy (non-hydrogen) atoms. The number of ether oxygens (including phenoxy) is 1. The zero-order valence-electron chi connectivity index (χ0n) is 46.8. The third-order valence-electron chi connectivity index (χ3n) is 14.8. The molecule has 0 radical (unpaired) electrons. The summed E-state index contributed by atoms with van der Waals surface area (Å²) in [6.07, 6.45) is 70.8. The van der Waals surface area contributed by atoms with Crippen molar-refractivity contribution in [3.05, 3.63) is 12.2 Å². The highest BCUT2D eigenvalue weighted by molar-refractivity contribution is 5.76. The lowest BCUT2D eigenvalue weighted by Gasteiger charge is -2.22. The van der Waals surface area contributed by atoms with Crippen molar-refractivity contribution in [3.63, 3.8) is 0 Å². The van der Waals surface area contributed by atoms with Gasteiger partial charge in [-0.1, -0.05) is 302 Å². The first-order valence-electron chi connectivity index (χ1n) is 31.4. The van der Waals surface area contributed by atoms with Crippen LogP contribution in [0.15, 0.2) is 12.2 Å². The van der Waals surface area contributed by atoms with E-state index in [0.29, 0.717) is 25.9 Å². The number of esters is 1. The zero-order chi connectivity index (χ0) is 50.0. The van der Waals surface area contributed by atoms with Gasteiger partial charge in [-0.15, -0.1) is 0 Å². The fourth-order valence-electron chi connectivity index (χ4n) is 9.99. The topological polar surface area (TPSA) is 95.9 Å². The minimum atomic E-state index is -0.665. The number of nitrogens with one attached hydrogen (secondary N) is 1. The van der Waals surface area contributed by atoms with Crippen LogP contribution in [0.5, 0.6) is 0 Å². The van der Waals surface area contributed by atoms with Crippen molar-refractivity contribution in [2.45, 2.75) is 366 Å². The van der Waals surface area contributed by atoms with Gasteiger partial charge in [0.1, 0.15) is 0 Å². The first-order valence-corrected chi connectivity index (χ1v) is 31.4. The Morgan fingerprint density at radius 1 is 0.391 bits per heavy atom. The second-order valence-corrected chi connectivity index (χ2v) is 21.7. The average Bonchev–Trinajstić information content (AvgIpc) is 3.35. The van der Waals surface area contributed by atoms with E-state index >= 15 is 0 Å². The smallest absolute Gasteiger partial charge is 0.305 e. The number of hydrogen-bond donors (Lipinski definition) is 3. The number of rotatable bonds is 59. The van der Waals surface area contributed by atoms with Crippen LogP contribution in [0, 0.1) is 0 Å². The summed E-state index contributed by atoms with van der Waals surface area (Å²) in [6.45, 7) is 4.95. The monoisotopic (exact) mass is 974 g/mol. The van der Waals surface area contributed by atoms with Crippen LogP contribution < -0.4 is 5.32 Å². The predicted molar refractivity (Wildman–Crippen MR) is 301 cm³/mol. The van der Waals surface area contributed by atoms with Crippen LogP contribution in [0.4, 0.5) is 0 Å². The lowest BCUT2D eigenvalue weighted by molar-refractivity contribution is -0.143. The Bertz CT molecular complexity index is 1030. The Kier molecular flexibility index (Phi) is 58.0. The number of aliphatic hydroxyl groups is 2. The Morgan fingerprint density at radius 2 is 0.681 bits per heavy atom. The molecule has 0 fully saturated rings. The van der Waals surface area contributed by atoms with Gasteiger partial charge < -0.3 is 20.3 Å².